The lowest BCUT2D eigenvalue weighted by molar-refractivity contribution is -0.146. The third-order valence-corrected chi connectivity index (χ3v) is 3.71. The molecule has 0 radical (unpaired) electrons. The van der Waals surface area contributed by atoms with Crippen molar-refractivity contribution in [2.45, 2.75) is 46.5 Å². The molecular weight excluding hydrogens is 230 g/mol. The van der Waals surface area contributed by atoms with Crippen molar-refractivity contribution >= 4 is 11.9 Å². The summed E-state index contributed by atoms with van der Waals surface area (Å²) in [6.07, 6.45) is 3.37. The third kappa shape index (κ3) is 4.31. The Morgan fingerprint density at radius 2 is 1.89 bits per heavy atom. The quantitative estimate of drug-likeness (QED) is 0.716. The Balaban J connectivity index is 2.38. The van der Waals surface area contributed by atoms with Gasteiger partial charge in [-0.15, -0.1) is 0 Å². The number of carboxylic acid groups (broad SMARTS) is 1. The molecule has 1 amide bonds. The van der Waals surface area contributed by atoms with Crippen LogP contribution in [-0.2, 0) is 9.59 Å². The largest absolute Gasteiger partial charge is 0.481 e. The van der Waals surface area contributed by atoms with Crippen molar-refractivity contribution in [1.82, 2.24) is 5.32 Å². The number of carboxylic acids is 1. The van der Waals surface area contributed by atoms with Crippen molar-refractivity contribution in [2.24, 2.45) is 23.7 Å². The highest BCUT2D eigenvalue weighted by Gasteiger charge is 2.40. The molecule has 1 rings (SSSR count). The minimum atomic E-state index is -0.832. The van der Waals surface area contributed by atoms with E-state index in [-0.39, 0.29) is 11.8 Å². The lowest BCUT2D eigenvalue weighted by Crippen LogP contribution is -2.35. The van der Waals surface area contributed by atoms with Gasteiger partial charge in [0.25, 0.3) is 0 Å². The molecule has 1 aliphatic rings. The molecule has 0 aromatic heterocycles. The Morgan fingerprint density at radius 1 is 1.28 bits per heavy atom. The number of carbonyl (C=O) groups excluding carboxylic acids is 1. The van der Waals surface area contributed by atoms with Gasteiger partial charge in [0.2, 0.25) is 5.91 Å². The van der Waals surface area contributed by atoms with E-state index in [4.69, 9.17) is 5.11 Å². The van der Waals surface area contributed by atoms with Gasteiger partial charge in [-0.25, -0.2) is 0 Å². The van der Waals surface area contributed by atoms with E-state index in [1.807, 2.05) is 6.92 Å². The second-order valence-corrected chi connectivity index (χ2v) is 5.95. The highest BCUT2D eigenvalue weighted by atomic mass is 16.4. The summed E-state index contributed by atoms with van der Waals surface area (Å²) in [6.45, 7) is 6.98. The Bertz CT molecular complexity index is 301. The summed E-state index contributed by atoms with van der Waals surface area (Å²) in [4.78, 5) is 23.1. The van der Waals surface area contributed by atoms with E-state index in [0.717, 1.165) is 12.8 Å². The number of hydrogen-bond acceptors (Lipinski definition) is 2. The van der Waals surface area contributed by atoms with Crippen LogP contribution in [0.25, 0.3) is 0 Å². The van der Waals surface area contributed by atoms with E-state index in [9.17, 15) is 9.59 Å². The molecule has 0 heterocycles. The van der Waals surface area contributed by atoms with E-state index in [1.54, 1.807) is 0 Å². The zero-order chi connectivity index (χ0) is 13.7. The zero-order valence-corrected chi connectivity index (χ0v) is 11.6. The molecule has 0 saturated heterocycles. The molecule has 2 N–H and O–H groups in total. The van der Waals surface area contributed by atoms with Gasteiger partial charge < -0.3 is 10.4 Å². The monoisotopic (exact) mass is 255 g/mol. The number of hydrogen-bond donors (Lipinski definition) is 2. The van der Waals surface area contributed by atoms with Crippen LogP contribution >= 0.6 is 0 Å². The summed E-state index contributed by atoms with van der Waals surface area (Å²) in [5, 5.41) is 12.0. The fourth-order valence-electron chi connectivity index (χ4n) is 2.71. The van der Waals surface area contributed by atoms with E-state index in [0.29, 0.717) is 31.2 Å². The maximum Gasteiger partial charge on any atom is 0.307 e. The molecule has 1 aliphatic carbocycles. The molecule has 3 atom stereocenters. The smallest absolute Gasteiger partial charge is 0.307 e. The van der Waals surface area contributed by atoms with Gasteiger partial charge in [0, 0.05) is 6.54 Å². The predicted molar refractivity (Wildman–Crippen MR) is 70.1 cm³/mol. The summed E-state index contributed by atoms with van der Waals surface area (Å²) in [6, 6.07) is 0. The fourth-order valence-corrected chi connectivity index (χ4v) is 2.71. The molecule has 0 aromatic rings. The number of rotatable bonds is 6. The Labute approximate surface area is 109 Å². The third-order valence-electron chi connectivity index (χ3n) is 3.71. The number of aliphatic carboxylic acids is 1. The Hall–Kier alpha value is -1.06. The van der Waals surface area contributed by atoms with Crippen LogP contribution < -0.4 is 5.32 Å². The SMILES string of the molecule is CC(C)CCCNC(=O)C1CC(C)CC1C(=O)O. The van der Waals surface area contributed by atoms with Gasteiger partial charge in [-0.2, -0.15) is 0 Å². The van der Waals surface area contributed by atoms with Gasteiger partial charge >= 0.3 is 5.97 Å². The molecule has 4 nitrogen and oxygen atoms in total. The van der Waals surface area contributed by atoms with Crippen molar-refractivity contribution in [2.75, 3.05) is 6.54 Å². The van der Waals surface area contributed by atoms with E-state index in [2.05, 4.69) is 19.2 Å². The van der Waals surface area contributed by atoms with Gasteiger partial charge in [-0.05, 0) is 37.5 Å². The first-order chi connectivity index (χ1) is 8.41. The summed E-state index contributed by atoms with van der Waals surface area (Å²) < 4.78 is 0. The van der Waals surface area contributed by atoms with E-state index < -0.39 is 11.9 Å². The molecule has 0 aliphatic heterocycles. The lowest BCUT2D eigenvalue weighted by Gasteiger charge is -2.15. The molecule has 104 valence electrons. The fraction of sp³-hybridized carbons (Fsp3) is 0.857. The minimum Gasteiger partial charge on any atom is -0.481 e. The predicted octanol–water partition coefficient (Wildman–Crippen LogP) is 2.29. The maximum absolute atomic E-state index is 12.0. The number of carbonyl (C=O) groups is 2. The molecule has 1 saturated carbocycles. The number of nitrogens with one attached hydrogen (secondary N) is 1. The maximum atomic E-state index is 12.0. The van der Waals surface area contributed by atoms with Gasteiger partial charge in [-0.1, -0.05) is 20.8 Å². The topological polar surface area (TPSA) is 66.4 Å². The Morgan fingerprint density at radius 3 is 2.44 bits per heavy atom. The van der Waals surface area contributed by atoms with E-state index >= 15 is 0 Å². The van der Waals surface area contributed by atoms with Crippen molar-refractivity contribution in [3.05, 3.63) is 0 Å². The molecular formula is C14H25NO3. The van der Waals surface area contributed by atoms with Crippen molar-refractivity contribution < 1.29 is 14.7 Å². The average molecular weight is 255 g/mol. The van der Waals surface area contributed by atoms with Crippen molar-refractivity contribution in [3.63, 3.8) is 0 Å². The molecule has 0 spiro atoms. The summed E-state index contributed by atoms with van der Waals surface area (Å²) in [5.74, 6) is -0.767. The summed E-state index contributed by atoms with van der Waals surface area (Å²) in [5.41, 5.74) is 0. The van der Waals surface area contributed by atoms with E-state index in [1.165, 1.54) is 0 Å². The first kappa shape index (κ1) is 15.0. The Kier molecular flexibility index (Phi) is 5.63. The lowest BCUT2D eigenvalue weighted by atomic mass is 9.95. The van der Waals surface area contributed by atoms with Crippen LogP contribution in [0.15, 0.2) is 0 Å². The molecule has 0 bridgehead atoms. The van der Waals surface area contributed by atoms with Gasteiger partial charge in [0.05, 0.1) is 11.8 Å². The number of amides is 1. The van der Waals surface area contributed by atoms with Crippen LogP contribution in [0.5, 0.6) is 0 Å². The normalized spacial score (nSPS) is 27.4. The summed E-state index contributed by atoms with van der Waals surface area (Å²) >= 11 is 0. The molecule has 18 heavy (non-hydrogen) atoms. The van der Waals surface area contributed by atoms with Gasteiger partial charge in [0.1, 0.15) is 0 Å². The van der Waals surface area contributed by atoms with Crippen LogP contribution in [0.3, 0.4) is 0 Å². The zero-order valence-electron chi connectivity index (χ0n) is 11.6. The second kappa shape index (κ2) is 6.76. The van der Waals surface area contributed by atoms with Crippen LogP contribution in [-0.4, -0.2) is 23.5 Å². The average Bonchev–Trinajstić information content (AvgIpc) is 2.66. The van der Waals surface area contributed by atoms with Gasteiger partial charge in [0.15, 0.2) is 0 Å². The van der Waals surface area contributed by atoms with Crippen molar-refractivity contribution in [1.29, 1.82) is 0 Å². The molecule has 0 aromatic carbocycles. The van der Waals surface area contributed by atoms with Gasteiger partial charge in [-0.3, -0.25) is 9.59 Å². The minimum absolute atomic E-state index is 0.0736. The van der Waals surface area contributed by atoms with Crippen molar-refractivity contribution in [3.8, 4) is 0 Å². The molecule has 3 unspecified atom stereocenters. The molecule has 1 fully saturated rings. The van der Waals surface area contributed by atoms with Crippen LogP contribution in [0.1, 0.15) is 46.5 Å². The highest BCUT2D eigenvalue weighted by Crippen LogP contribution is 2.36. The van der Waals surface area contributed by atoms with Crippen LogP contribution in [0, 0.1) is 23.7 Å². The summed E-state index contributed by atoms with van der Waals surface area (Å²) in [7, 11) is 0. The highest BCUT2D eigenvalue weighted by molar-refractivity contribution is 5.85. The first-order valence-electron chi connectivity index (χ1n) is 6.92. The second-order valence-electron chi connectivity index (χ2n) is 5.95. The standard InChI is InChI=1S/C14H25NO3/c1-9(2)5-4-6-15-13(16)11-7-10(3)8-12(11)14(17)18/h9-12H,4-8H2,1-3H3,(H,15,16)(H,17,18). The first-order valence-corrected chi connectivity index (χ1v) is 6.92. The molecule has 4 heteroatoms. The van der Waals surface area contributed by atoms with Crippen LogP contribution in [0.4, 0.5) is 0 Å². The van der Waals surface area contributed by atoms with Crippen LogP contribution in [0.2, 0.25) is 0 Å².